The van der Waals surface area contributed by atoms with Gasteiger partial charge in [0.25, 0.3) is 11.8 Å². The van der Waals surface area contributed by atoms with Crippen LogP contribution in [0.4, 0.5) is 5.69 Å². The van der Waals surface area contributed by atoms with Gasteiger partial charge in [0.05, 0.1) is 28.0 Å². The summed E-state index contributed by atoms with van der Waals surface area (Å²) >= 11 is 0. The lowest BCUT2D eigenvalue weighted by Gasteiger charge is -2.14. The van der Waals surface area contributed by atoms with Crippen LogP contribution in [0, 0.1) is 6.92 Å². The molecule has 0 radical (unpaired) electrons. The van der Waals surface area contributed by atoms with Gasteiger partial charge in [-0.3, -0.25) is 19.4 Å². The number of anilines is 1. The highest BCUT2D eigenvalue weighted by Crippen LogP contribution is 2.34. The zero-order valence-electron chi connectivity index (χ0n) is 13.7. The van der Waals surface area contributed by atoms with Crippen molar-refractivity contribution in [3.8, 4) is 0 Å². The van der Waals surface area contributed by atoms with Crippen LogP contribution < -0.4 is 4.90 Å². The van der Waals surface area contributed by atoms with Crippen LogP contribution in [-0.4, -0.2) is 22.6 Å². The number of aromatic nitrogens is 1. The molecule has 25 heavy (non-hydrogen) atoms. The fourth-order valence-corrected chi connectivity index (χ4v) is 3.21. The van der Waals surface area contributed by atoms with Gasteiger partial charge in [0.15, 0.2) is 5.78 Å². The Kier molecular flexibility index (Phi) is 3.25. The van der Waals surface area contributed by atoms with E-state index in [1.807, 2.05) is 18.2 Å². The fourth-order valence-electron chi connectivity index (χ4n) is 3.21. The standard InChI is InChI=1S/C20H14N2O3/c1-11-17-18(15-5-3-4-6-16(15)21-11)20(25)22(19(17)24)14-9-7-13(8-10-14)12(2)23/h3-10H,1-2H3. The number of carbonyl (C=O) groups is 3. The monoisotopic (exact) mass is 330 g/mol. The summed E-state index contributed by atoms with van der Waals surface area (Å²) in [6.45, 7) is 3.21. The molecule has 1 aliphatic heterocycles. The lowest BCUT2D eigenvalue weighted by molar-refractivity contribution is 0.0925. The van der Waals surface area contributed by atoms with Gasteiger partial charge in [0.1, 0.15) is 0 Å². The Hall–Kier alpha value is -3.34. The van der Waals surface area contributed by atoms with Crippen LogP contribution in [0.5, 0.6) is 0 Å². The number of fused-ring (bicyclic) bond motifs is 3. The van der Waals surface area contributed by atoms with E-state index in [9.17, 15) is 14.4 Å². The number of benzene rings is 2. The molecule has 0 saturated carbocycles. The van der Waals surface area contributed by atoms with E-state index in [2.05, 4.69) is 4.98 Å². The molecular formula is C20H14N2O3. The summed E-state index contributed by atoms with van der Waals surface area (Å²) < 4.78 is 0. The van der Waals surface area contributed by atoms with Crippen molar-refractivity contribution in [1.82, 2.24) is 4.98 Å². The van der Waals surface area contributed by atoms with E-state index in [1.165, 1.54) is 6.92 Å². The summed E-state index contributed by atoms with van der Waals surface area (Å²) in [7, 11) is 0. The van der Waals surface area contributed by atoms with Crippen LogP contribution in [-0.2, 0) is 0 Å². The predicted octanol–water partition coefficient (Wildman–Crippen LogP) is 3.55. The number of Topliss-reactive ketones (excluding diaryl/α,β-unsaturated/α-hetero) is 1. The maximum atomic E-state index is 13.0. The van der Waals surface area contributed by atoms with Crippen LogP contribution >= 0.6 is 0 Å². The molecule has 1 aliphatic rings. The number of amides is 2. The lowest BCUT2D eigenvalue weighted by atomic mass is 10.0. The van der Waals surface area contributed by atoms with Gasteiger partial charge < -0.3 is 0 Å². The Balaban J connectivity index is 1.89. The first kappa shape index (κ1) is 15.2. The number of imide groups is 1. The quantitative estimate of drug-likeness (QED) is 0.532. The third kappa shape index (κ3) is 2.16. The topological polar surface area (TPSA) is 67.3 Å². The molecule has 3 aromatic rings. The number of hydrogen-bond acceptors (Lipinski definition) is 4. The molecule has 5 heteroatoms. The molecular weight excluding hydrogens is 316 g/mol. The zero-order chi connectivity index (χ0) is 17.7. The number of nitrogens with zero attached hydrogens (tertiary/aromatic N) is 2. The van der Waals surface area contributed by atoms with Crippen molar-refractivity contribution in [2.75, 3.05) is 4.90 Å². The van der Waals surface area contributed by atoms with Gasteiger partial charge in [-0.15, -0.1) is 0 Å². The van der Waals surface area contributed by atoms with Crippen molar-refractivity contribution in [2.24, 2.45) is 0 Å². The van der Waals surface area contributed by atoms with Gasteiger partial charge in [0.2, 0.25) is 0 Å². The molecule has 2 aromatic carbocycles. The number of pyridine rings is 1. The minimum absolute atomic E-state index is 0.0695. The van der Waals surface area contributed by atoms with Crippen molar-refractivity contribution in [1.29, 1.82) is 0 Å². The minimum Gasteiger partial charge on any atom is -0.295 e. The Morgan fingerprint density at radius 2 is 1.56 bits per heavy atom. The normalized spacial score (nSPS) is 13.4. The van der Waals surface area contributed by atoms with Crippen LogP contribution in [0.2, 0.25) is 0 Å². The average Bonchev–Trinajstić information content (AvgIpc) is 2.87. The first-order chi connectivity index (χ1) is 12.0. The number of carbonyl (C=O) groups excluding carboxylic acids is 3. The summed E-state index contributed by atoms with van der Waals surface area (Å²) in [6, 6.07) is 13.8. The van der Waals surface area contributed by atoms with Gasteiger partial charge in [-0.05, 0) is 44.2 Å². The second kappa shape index (κ2) is 5.34. The first-order valence-corrected chi connectivity index (χ1v) is 7.88. The second-order valence-corrected chi connectivity index (χ2v) is 6.01. The maximum absolute atomic E-state index is 13.0. The fraction of sp³-hybridized carbons (Fsp3) is 0.100. The molecule has 0 fully saturated rings. The van der Waals surface area contributed by atoms with Gasteiger partial charge in [0, 0.05) is 10.9 Å². The number of aryl methyl sites for hydroxylation is 1. The molecule has 0 unspecified atom stereocenters. The molecule has 0 bridgehead atoms. The molecule has 0 N–H and O–H groups in total. The molecule has 2 heterocycles. The zero-order valence-corrected chi connectivity index (χ0v) is 13.7. The van der Waals surface area contributed by atoms with Crippen molar-refractivity contribution in [3.63, 3.8) is 0 Å². The summed E-state index contributed by atoms with van der Waals surface area (Å²) in [5, 5.41) is 0.671. The number of rotatable bonds is 2. The molecule has 0 saturated heterocycles. The molecule has 0 spiro atoms. The number of hydrogen-bond donors (Lipinski definition) is 0. The van der Waals surface area contributed by atoms with E-state index in [1.54, 1.807) is 37.3 Å². The lowest BCUT2D eigenvalue weighted by Crippen LogP contribution is -2.29. The third-order valence-electron chi connectivity index (χ3n) is 4.44. The van der Waals surface area contributed by atoms with E-state index >= 15 is 0 Å². The van der Waals surface area contributed by atoms with Crippen LogP contribution in [0.25, 0.3) is 10.9 Å². The van der Waals surface area contributed by atoms with Crippen LogP contribution in [0.1, 0.15) is 43.7 Å². The van der Waals surface area contributed by atoms with E-state index < -0.39 is 0 Å². The average molecular weight is 330 g/mol. The van der Waals surface area contributed by atoms with Gasteiger partial charge in [-0.25, -0.2) is 4.90 Å². The SMILES string of the molecule is CC(=O)c1ccc(N2C(=O)c3c(C)nc4ccccc4c3C2=O)cc1. The van der Waals surface area contributed by atoms with Gasteiger partial charge in [-0.1, -0.05) is 18.2 Å². The highest BCUT2D eigenvalue weighted by molar-refractivity contribution is 6.37. The van der Waals surface area contributed by atoms with Crippen molar-refractivity contribution in [2.45, 2.75) is 13.8 Å². The molecule has 5 nitrogen and oxygen atoms in total. The molecule has 2 amide bonds. The van der Waals surface area contributed by atoms with E-state index in [4.69, 9.17) is 0 Å². The smallest absolute Gasteiger partial charge is 0.268 e. The minimum atomic E-state index is -0.383. The molecule has 0 aliphatic carbocycles. The van der Waals surface area contributed by atoms with Gasteiger partial charge in [-0.2, -0.15) is 0 Å². The number of ketones is 1. The summed E-state index contributed by atoms with van der Waals surface area (Å²) in [4.78, 5) is 42.9. The van der Waals surface area contributed by atoms with Crippen molar-refractivity contribution in [3.05, 3.63) is 70.9 Å². The summed E-state index contributed by atoms with van der Waals surface area (Å²) in [5.74, 6) is -0.816. The van der Waals surface area contributed by atoms with Gasteiger partial charge >= 0.3 is 0 Å². The van der Waals surface area contributed by atoms with Crippen molar-refractivity contribution >= 4 is 34.2 Å². The summed E-state index contributed by atoms with van der Waals surface area (Å²) in [5.41, 5.74) is 2.94. The van der Waals surface area contributed by atoms with E-state index in [0.717, 1.165) is 4.90 Å². The maximum Gasteiger partial charge on any atom is 0.268 e. The Morgan fingerprint density at radius 1 is 0.920 bits per heavy atom. The Bertz CT molecular complexity index is 1070. The predicted molar refractivity (Wildman–Crippen MR) is 94.1 cm³/mol. The first-order valence-electron chi connectivity index (χ1n) is 7.88. The Morgan fingerprint density at radius 3 is 2.24 bits per heavy atom. The molecule has 1 aromatic heterocycles. The number of para-hydroxylation sites is 1. The Labute approximate surface area is 143 Å². The molecule has 0 atom stereocenters. The highest BCUT2D eigenvalue weighted by atomic mass is 16.2. The largest absolute Gasteiger partial charge is 0.295 e. The van der Waals surface area contributed by atoms with E-state index in [0.29, 0.717) is 39.0 Å². The van der Waals surface area contributed by atoms with Crippen molar-refractivity contribution < 1.29 is 14.4 Å². The van der Waals surface area contributed by atoms with Crippen LogP contribution in [0.15, 0.2) is 48.5 Å². The van der Waals surface area contributed by atoms with E-state index in [-0.39, 0.29) is 17.6 Å². The van der Waals surface area contributed by atoms with Crippen LogP contribution in [0.3, 0.4) is 0 Å². The second-order valence-electron chi connectivity index (χ2n) is 6.01. The molecule has 122 valence electrons. The third-order valence-corrected chi connectivity index (χ3v) is 4.44. The highest BCUT2D eigenvalue weighted by Gasteiger charge is 2.39. The summed E-state index contributed by atoms with van der Waals surface area (Å²) in [6.07, 6.45) is 0. The molecule has 4 rings (SSSR count).